The van der Waals surface area contributed by atoms with Crippen LogP contribution in [0, 0.1) is 11.3 Å². The zero-order valence-corrected chi connectivity index (χ0v) is 21.2. The molecule has 188 valence electrons. The Hall–Kier alpha value is -4.07. The van der Waals surface area contributed by atoms with Crippen LogP contribution in [0.4, 0.5) is 10.5 Å². The number of nitrogens with one attached hydrogen (secondary N) is 1. The number of benzene rings is 2. The second-order valence-corrected chi connectivity index (χ2v) is 9.65. The van der Waals surface area contributed by atoms with Crippen molar-refractivity contribution >= 4 is 29.1 Å². The van der Waals surface area contributed by atoms with Crippen molar-refractivity contribution in [2.24, 2.45) is 0 Å². The lowest BCUT2D eigenvalue weighted by Gasteiger charge is -2.33. The molecule has 1 aromatic heterocycles. The molecular weight excluding hydrogens is 488 g/mol. The SMILES string of the molecule is COC(=O)N1CCN(Cc2ccc(COc3nccc(/C(C#N)=C4\Nc5ccccc5S4)n3)cc2)CC1. The fraction of sp³-hybridized carbons (Fsp3) is 0.259. The normalized spacial score (nSPS) is 16.4. The quantitative estimate of drug-likeness (QED) is 0.481. The Morgan fingerprint density at radius 3 is 2.57 bits per heavy atom. The number of carbonyl (C=O) groups is 1. The van der Waals surface area contributed by atoms with Gasteiger partial charge in [-0.15, -0.1) is 0 Å². The van der Waals surface area contributed by atoms with Crippen molar-refractivity contribution in [3.8, 4) is 12.1 Å². The second kappa shape index (κ2) is 11.3. The molecule has 2 aliphatic rings. The smallest absolute Gasteiger partial charge is 0.409 e. The third kappa shape index (κ3) is 5.85. The maximum absolute atomic E-state index is 11.6. The van der Waals surface area contributed by atoms with Gasteiger partial charge in [-0.2, -0.15) is 10.2 Å². The van der Waals surface area contributed by atoms with Crippen molar-refractivity contribution in [2.75, 3.05) is 38.6 Å². The van der Waals surface area contributed by atoms with Gasteiger partial charge in [0, 0.05) is 43.8 Å². The van der Waals surface area contributed by atoms with Gasteiger partial charge in [-0.3, -0.25) is 4.90 Å². The minimum Gasteiger partial charge on any atom is -0.459 e. The molecule has 0 saturated carbocycles. The average Bonchev–Trinajstić information content (AvgIpc) is 3.37. The molecular formula is C27H26N6O3S. The number of para-hydroxylation sites is 1. The maximum atomic E-state index is 11.6. The fourth-order valence-corrected chi connectivity index (χ4v) is 5.18. The van der Waals surface area contributed by atoms with Gasteiger partial charge in [0.2, 0.25) is 0 Å². The molecule has 9 nitrogen and oxygen atoms in total. The van der Waals surface area contributed by atoms with Crippen LogP contribution in [0.1, 0.15) is 16.8 Å². The summed E-state index contributed by atoms with van der Waals surface area (Å²) in [6.45, 7) is 4.11. The van der Waals surface area contributed by atoms with Gasteiger partial charge in [0.25, 0.3) is 0 Å². The molecule has 3 heterocycles. The maximum Gasteiger partial charge on any atom is 0.409 e. The Bertz CT molecular complexity index is 1320. The summed E-state index contributed by atoms with van der Waals surface area (Å²) in [6, 6.07) is 20.4. The van der Waals surface area contributed by atoms with E-state index in [1.54, 1.807) is 17.2 Å². The van der Waals surface area contributed by atoms with E-state index in [1.165, 1.54) is 24.4 Å². The highest BCUT2D eigenvalue weighted by Crippen LogP contribution is 2.43. The summed E-state index contributed by atoms with van der Waals surface area (Å²) in [7, 11) is 1.41. The minimum atomic E-state index is -0.265. The Morgan fingerprint density at radius 2 is 1.84 bits per heavy atom. The third-order valence-electron chi connectivity index (χ3n) is 6.18. The predicted molar refractivity (Wildman–Crippen MR) is 141 cm³/mol. The molecule has 3 aromatic rings. The first-order valence-electron chi connectivity index (χ1n) is 11.9. The number of methoxy groups -OCH3 is 1. The molecule has 2 aliphatic heterocycles. The number of nitrogens with zero attached hydrogens (tertiary/aromatic N) is 5. The zero-order valence-electron chi connectivity index (χ0n) is 20.4. The minimum absolute atomic E-state index is 0.221. The molecule has 0 unspecified atom stereocenters. The number of amides is 1. The van der Waals surface area contributed by atoms with Crippen LogP contribution < -0.4 is 10.1 Å². The highest BCUT2D eigenvalue weighted by molar-refractivity contribution is 8.04. The molecule has 10 heteroatoms. The van der Waals surface area contributed by atoms with Gasteiger partial charge >= 0.3 is 12.1 Å². The van der Waals surface area contributed by atoms with E-state index in [4.69, 9.17) is 9.47 Å². The molecule has 0 atom stereocenters. The van der Waals surface area contributed by atoms with Crippen molar-refractivity contribution in [2.45, 2.75) is 18.0 Å². The van der Waals surface area contributed by atoms with Gasteiger partial charge < -0.3 is 19.7 Å². The van der Waals surface area contributed by atoms with Gasteiger partial charge in [-0.05, 0) is 29.3 Å². The summed E-state index contributed by atoms with van der Waals surface area (Å²) >= 11 is 1.51. The van der Waals surface area contributed by atoms with E-state index in [2.05, 4.69) is 38.4 Å². The lowest BCUT2D eigenvalue weighted by molar-refractivity contribution is 0.0889. The summed E-state index contributed by atoms with van der Waals surface area (Å²) in [5.41, 5.74) is 4.13. The summed E-state index contributed by atoms with van der Waals surface area (Å²) in [6.07, 6.45) is 1.34. The Balaban J connectivity index is 1.17. The number of carbonyl (C=O) groups excluding carboxylic acids is 1. The van der Waals surface area contributed by atoms with E-state index < -0.39 is 0 Å². The highest BCUT2D eigenvalue weighted by Gasteiger charge is 2.22. The van der Waals surface area contributed by atoms with Crippen molar-refractivity contribution < 1.29 is 14.3 Å². The van der Waals surface area contributed by atoms with Gasteiger partial charge in [-0.1, -0.05) is 48.2 Å². The van der Waals surface area contributed by atoms with Crippen LogP contribution in [0.3, 0.4) is 0 Å². The topological polar surface area (TPSA) is 104 Å². The first-order chi connectivity index (χ1) is 18.1. The predicted octanol–water partition coefficient (Wildman–Crippen LogP) is 4.35. The molecule has 1 amide bonds. The van der Waals surface area contributed by atoms with Crippen LogP contribution in [0.2, 0.25) is 0 Å². The number of hydrogen-bond acceptors (Lipinski definition) is 9. The lowest BCUT2D eigenvalue weighted by Crippen LogP contribution is -2.48. The molecule has 1 N–H and O–H groups in total. The Kier molecular flexibility index (Phi) is 7.54. The largest absolute Gasteiger partial charge is 0.459 e. The number of aromatic nitrogens is 2. The Morgan fingerprint density at radius 1 is 1.08 bits per heavy atom. The van der Waals surface area contributed by atoms with Crippen LogP contribution in [0.5, 0.6) is 6.01 Å². The first kappa shape index (κ1) is 24.6. The van der Waals surface area contributed by atoms with E-state index in [0.717, 1.165) is 40.8 Å². The van der Waals surface area contributed by atoms with E-state index in [-0.39, 0.29) is 12.1 Å². The van der Waals surface area contributed by atoms with Crippen molar-refractivity contribution in [3.05, 3.63) is 82.6 Å². The van der Waals surface area contributed by atoms with Crippen LogP contribution in [-0.4, -0.2) is 59.1 Å². The molecule has 0 aliphatic carbocycles. The molecule has 1 saturated heterocycles. The van der Waals surface area contributed by atoms with Gasteiger partial charge in [0.15, 0.2) is 0 Å². The van der Waals surface area contributed by atoms with E-state index in [1.807, 2.05) is 36.4 Å². The number of anilines is 1. The van der Waals surface area contributed by atoms with Crippen LogP contribution in [0.15, 0.2) is 70.7 Å². The number of ether oxygens (including phenoxy) is 2. The van der Waals surface area contributed by atoms with Crippen molar-refractivity contribution in [1.29, 1.82) is 5.26 Å². The lowest BCUT2D eigenvalue weighted by atomic mass is 10.1. The van der Waals surface area contributed by atoms with Gasteiger partial charge in [0.1, 0.15) is 18.2 Å². The van der Waals surface area contributed by atoms with Crippen LogP contribution >= 0.6 is 11.8 Å². The number of piperazine rings is 1. The number of thioether (sulfide) groups is 1. The number of rotatable bonds is 6. The molecule has 0 radical (unpaired) electrons. The van der Waals surface area contributed by atoms with E-state index in [9.17, 15) is 10.1 Å². The monoisotopic (exact) mass is 514 g/mol. The number of fused-ring (bicyclic) bond motifs is 1. The zero-order chi connectivity index (χ0) is 25.6. The summed E-state index contributed by atoms with van der Waals surface area (Å²) in [4.78, 5) is 25.5. The van der Waals surface area contributed by atoms with Gasteiger partial charge in [0.05, 0.1) is 23.5 Å². The van der Waals surface area contributed by atoms with Crippen LogP contribution in [0.25, 0.3) is 5.57 Å². The highest BCUT2D eigenvalue weighted by atomic mass is 32.2. The standard InChI is InChI=1S/C27H26N6O3S/c1-35-27(34)33-14-12-32(13-15-33)17-19-6-8-20(9-7-19)18-36-26-29-11-10-22(31-26)21(16-28)25-30-23-4-2-3-5-24(23)37-25/h2-11,30H,12-15,17-18H2,1H3/b25-21+. The Labute approximate surface area is 219 Å². The van der Waals surface area contributed by atoms with Crippen molar-refractivity contribution in [3.63, 3.8) is 0 Å². The van der Waals surface area contributed by atoms with Gasteiger partial charge in [-0.25, -0.2) is 9.78 Å². The third-order valence-corrected chi connectivity index (χ3v) is 7.26. The summed E-state index contributed by atoms with van der Waals surface area (Å²) < 4.78 is 10.6. The molecule has 1 fully saturated rings. The van der Waals surface area contributed by atoms with Crippen molar-refractivity contribution in [1.82, 2.24) is 19.8 Å². The van der Waals surface area contributed by atoms with Crippen LogP contribution in [-0.2, 0) is 17.9 Å². The number of nitriles is 1. The first-order valence-corrected chi connectivity index (χ1v) is 12.7. The molecule has 2 aromatic carbocycles. The number of hydrogen-bond donors (Lipinski definition) is 1. The second-order valence-electron chi connectivity index (χ2n) is 8.60. The average molecular weight is 515 g/mol. The molecule has 0 spiro atoms. The summed E-state index contributed by atoms with van der Waals surface area (Å²) in [5, 5.41) is 13.9. The molecule has 5 rings (SSSR count). The molecule has 0 bridgehead atoms. The summed E-state index contributed by atoms with van der Waals surface area (Å²) in [5.74, 6) is 0. The molecule has 37 heavy (non-hydrogen) atoms. The van der Waals surface area contributed by atoms with E-state index >= 15 is 0 Å². The number of allylic oxidation sites excluding steroid dienone is 1. The fourth-order valence-electron chi connectivity index (χ4n) is 4.17. The van der Waals surface area contributed by atoms with E-state index in [0.29, 0.717) is 31.0 Å².